The van der Waals surface area contributed by atoms with Crippen LogP contribution in [0.2, 0.25) is 0 Å². The highest BCUT2D eigenvalue weighted by molar-refractivity contribution is 5.56. The average Bonchev–Trinajstić information content (AvgIpc) is 3.08. The molecule has 2 aliphatic rings. The lowest BCUT2D eigenvalue weighted by atomic mass is 9.76. The highest BCUT2D eigenvalue weighted by Gasteiger charge is 2.44. The monoisotopic (exact) mass is 373 g/mol. The van der Waals surface area contributed by atoms with Crippen molar-refractivity contribution < 1.29 is 0 Å². The van der Waals surface area contributed by atoms with E-state index in [-0.39, 0.29) is 11.0 Å². The molecule has 1 N–H and O–H groups in total. The van der Waals surface area contributed by atoms with E-state index in [1.54, 1.807) is 6.33 Å². The molecule has 0 amide bonds. The van der Waals surface area contributed by atoms with Crippen molar-refractivity contribution in [1.82, 2.24) is 19.9 Å². The van der Waals surface area contributed by atoms with E-state index in [1.165, 1.54) is 0 Å². The summed E-state index contributed by atoms with van der Waals surface area (Å²) in [7, 11) is 0. The van der Waals surface area contributed by atoms with Crippen LogP contribution in [0, 0.1) is 6.92 Å². The Bertz CT molecular complexity index is 1070. The van der Waals surface area contributed by atoms with Crippen molar-refractivity contribution in [2.24, 2.45) is 0 Å². The van der Waals surface area contributed by atoms with Gasteiger partial charge in [0, 0.05) is 41.4 Å². The number of aromatic nitrogens is 4. The molecule has 5 rings (SSSR count). The maximum Gasteiger partial charge on any atom is 0.254 e. The molecule has 3 heterocycles. The molecule has 28 heavy (non-hydrogen) atoms. The third-order valence-corrected chi connectivity index (χ3v) is 6.25. The molecule has 0 atom stereocenters. The van der Waals surface area contributed by atoms with Crippen molar-refractivity contribution in [3.8, 4) is 11.4 Å². The molecule has 3 aromatic rings. The van der Waals surface area contributed by atoms with Crippen LogP contribution in [0.4, 0.5) is 5.82 Å². The van der Waals surface area contributed by atoms with E-state index in [4.69, 9.17) is 4.98 Å². The van der Waals surface area contributed by atoms with E-state index >= 15 is 0 Å². The first-order valence-corrected chi connectivity index (χ1v) is 9.87. The first-order chi connectivity index (χ1) is 13.6. The Labute approximate surface area is 163 Å². The van der Waals surface area contributed by atoms with Crippen LogP contribution in [0.3, 0.4) is 0 Å². The van der Waals surface area contributed by atoms with E-state index in [0.29, 0.717) is 5.82 Å². The van der Waals surface area contributed by atoms with Gasteiger partial charge < -0.3 is 9.88 Å². The fourth-order valence-corrected chi connectivity index (χ4v) is 4.65. The van der Waals surface area contributed by atoms with Crippen LogP contribution >= 0.6 is 0 Å². The molecule has 0 bridgehead atoms. The van der Waals surface area contributed by atoms with Gasteiger partial charge in [-0.1, -0.05) is 30.3 Å². The van der Waals surface area contributed by atoms with Gasteiger partial charge in [0.2, 0.25) is 0 Å². The normalized spacial score (nSPS) is 17.7. The fourth-order valence-electron chi connectivity index (χ4n) is 4.65. The predicted molar refractivity (Wildman–Crippen MR) is 109 cm³/mol. The predicted octanol–water partition coefficient (Wildman–Crippen LogP) is 3.02. The molecule has 6 heteroatoms. The van der Waals surface area contributed by atoms with Gasteiger partial charge in [0.15, 0.2) is 0 Å². The lowest BCUT2D eigenvalue weighted by Gasteiger charge is -2.40. The minimum absolute atomic E-state index is 0.00565. The lowest BCUT2D eigenvalue weighted by Crippen LogP contribution is -2.42. The van der Waals surface area contributed by atoms with Gasteiger partial charge in [-0.25, -0.2) is 15.0 Å². The molecule has 142 valence electrons. The molecule has 6 nitrogen and oxygen atoms in total. The average molecular weight is 373 g/mol. The summed E-state index contributed by atoms with van der Waals surface area (Å²) in [5, 5.41) is 0. The number of nitrogens with one attached hydrogen (secondary N) is 1. The summed E-state index contributed by atoms with van der Waals surface area (Å²) in [4.78, 5) is 31.7. The van der Waals surface area contributed by atoms with Crippen molar-refractivity contribution in [2.45, 2.75) is 38.0 Å². The number of aryl methyl sites for hydroxylation is 1. The number of fused-ring (bicyclic) bond motifs is 2. The zero-order valence-electron chi connectivity index (χ0n) is 16.0. The standard InChI is InChI=1S/C22H23N5O/c1-15-13-18(24-14-23-15)27-11-9-22(10-12-27)8-7-17-19(22)25-20(26-21(17)28)16-5-3-2-4-6-16/h2-6,13-14H,7-12H2,1H3,(H,25,26,28). The molecular formula is C22H23N5O. The summed E-state index contributed by atoms with van der Waals surface area (Å²) in [6.45, 7) is 3.83. The quantitative estimate of drug-likeness (QED) is 0.747. The summed E-state index contributed by atoms with van der Waals surface area (Å²) in [6.07, 6.45) is 5.45. The van der Waals surface area contributed by atoms with Gasteiger partial charge in [-0.3, -0.25) is 4.79 Å². The minimum atomic E-state index is 0.00565. The van der Waals surface area contributed by atoms with Crippen LogP contribution in [0.25, 0.3) is 11.4 Å². The largest absolute Gasteiger partial charge is 0.356 e. The van der Waals surface area contributed by atoms with Crippen LogP contribution in [0.5, 0.6) is 0 Å². The first kappa shape index (κ1) is 17.1. The van der Waals surface area contributed by atoms with Crippen molar-refractivity contribution in [3.63, 3.8) is 0 Å². The van der Waals surface area contributed by atoms with Crippen LogP contribution in [-0.4, -0.2) is 33.0 Å². The fraction of sp³-hybridized carbons (Fsp3) is 0.364. The topological polar surface area (TPSA) is 74.8 Å². The van der Waals surface area contributed by atoms with Crippen LogP contribution in [0.15, 0.2) is 47.5 Å². The summed E-state index contributed by atoms with van der Waals surface area (Å²) in [5.74, 6) is 1.67. The Hall–Kier alpha value is -3.02. The molecule has 1 aliphatic carbocycles. The maximum absolute atomic E-state index is 12.7. The maximum atomic E-state index is 12.7. The molecule has 1 fully saturated rings. The third-order valence-electron chi connectivity index (χ3n) is 6.25. The Morgan fingerprint density at radius 1 is 1.07 bits per heavy atom. The number of hydrogen-bond acceptors (Lipinski definition) is 5. The van der Waals surface area contributed by atoms with E-state index in [2.05, 4.69) is 19.9 Å². The zero-order chi connectivity index (χ0) is 19.1. The summed E-state index contributed by atoms with van der Waals surface area (Å²) < 4.78 is 0. The molecule has 1 spiro atoms. The second-order valence-corrected chi connectivity index (χ2v) is 7.89. The SMILES string of the molecule is Cc1cc(N2CCC3(CCc4c3nc(-c3ccccc3)[nH]c4=O)CC2)ncn1. The second-order valence-electron chi connectivity index (χ2n) is 7.89. The van der Waals surface area contributed by atoms with Gasteiger partial charge in [-0.2, -0.15) is 0 Å². The molecule has 2 aromatic heterocycles. The Balaban J connectivity index is 1.47. The zero-order valence-corrected chi connectivity index (χ0v) is 16.0. The highest BCUT2D eigenvalue weighted by atomic mass is 16.1. The second kappa shape index (κ2) is 6.55. The Morgan fingerprint density at radius 3 is 2.61 bits per heavy atom. The summed E-state index contributed by atoms with van der Waals surface area (Å²) in [6, 6.07) is 11.9. The molecule has 1 saturated heterocycles. The van der Waals surface area contributed by atoms with Crippen LogP contribution in [0.1, 0.15) is 36.2 Å². The summed E-state index contributed by atoms with van der Waals surface area (Å²) in [5.41, 5.74) is 3.87. The Kier molecular flexibility index (Phi) is 4.00. The van der Waals surface area contributed by atoms with Crippen LogP contribution in [-0.2, 0) is 11.8 Å². The minimum Gasteiger partial charge on any atom is -0.356 e. The third kappa shape index (κ3) is 2.80. The van der Waals surface area contributed by atoms with Crippen molar-refractivity contribution in [1.29, 1.82) is 0 Å². The van der Waals surface area contributed by atoms with Gasteiger partial charge in [0.25, 0.3) is 5.56 Å². The summed E-state index contributed by atoms with van der Waals surface area (Å²) >= 11 is 0. The number of hydrogen-bond donors (Lipinski definition) is 1. The molecule has 0 saturated carbocycles. The molecule has 1 aromatic carbocycles. The van der Waals surface area contributed by atoms with E-state index < -0.39 is 0 Å². The number of piperidine rings is 1. The number of anilines is 1. The number of benzene rings is 1. The number of rotatable bonds is 2. The van der Waals surface area contributed by atoms with Gasteiger partial charge in [0.1, 0.15) is 18.0 Å². The molecule has 0 radical (unpaired) electrons. The first-order valence-electron chi connectivity index (χ1n) is 9.87. The molecule has 0 unspecified atom stereocenters. The number of aromatic amines is 1. The lowest BCUT2D eigenvalue weighted by molar-refractivity contribution is 0.322. The molecular weight excluding hydrogens is 350 g/mol. The van der Waals surface area contributed by atoms with E-state index in [0.717, 1.165) is 67.1 Å². The van der Waals surface area contributed by atoms with Crippen molar-refractivity contribution >= 4 is 5.82 Å². The smallest absolute Gasteiger partial charge is 0.254 e. The number of H-pyrrole nitrogens is 1. The van der Waals surface area contributed by atoms with Crippen molar-refractivity contribution in [2.75, 3.05) is 18.0 Å². The van der Waals surface area contributed by atoms with E-state index in [1.807, 2.05) is 43.3 Å². The highest BCUT2D eigenvalue weighted by Crippen LogP contribution is 2.45. The number of nitrogens with zero attached hydrogens (tertiary/aromatic N) is 4. The van der Waals surface area contributed by atoms with E-state index in [9.17, 15) is 4.79 Å². The van der Waals surface area contributed by atoms with Gasteiger partial charge in [-0.05, 0) is 32.6 Å². The van der Waals surface area contributed by atoms with Gasteiger partial charge in [0.05, 0.1) is 5.69 Å². The van der Waals surface area contributed by atoms with Crippen LogP contribution < -0.4 is 10.5 Å². The van der Waals surface area contributed by atoms with Gasteiger partial charge >= 0.3 is 0 Å². The Morgan fingerprint density at radius 2 is 1.86 bits per heavy atom. The molecule has 1 aliphatic heterocycles. The van der Waals surface area contributed by atoms with Crippen molar-refractivity contribution in [3.05, 3.63) is 70.0 Å². The van der Waals surface area contributed by atoms with Gasteiger partial charge in [-0.15, -0.1) is 0 Å².